The van der Waals surface area contributed by atoms with Gasteiger partial charge in [-0.25, -0.2) is 0 Å². The highest BCUT2D eigenvalue weighted by Crippen LogP contribution is 2.22. The maximum absolute atomic E-state index is 11.8. The van der Waals surface area contributed by atoms with Crippen LogP contribution in [0.4, 0.5) is 0 Å². The molecule has 0 fully saturated rings. The van der Waals surface area contributed by atoms with Gasteiger partial charge in [0.25, 0.3) is 0 Å². The molecule has 0 radical (unpaired) electrons. The summed E-state index contributed by atoms with van der Waals surface area (Å²) in [6.45, 7) is 7.13. The van der Waals surface area contributed by atoms with Gasteiger partial charge in [0, 0.05) is 27.3 Å². The number of esters is 2. The Labute approximate surface area is 142 Å². The van der Waals surface area contributed by atoms with E-state index in [1.807, 2.05) is 0 Å². The molecule has 6 nitrogen and oxygen atoms in total. The normalized spacial score (nSPS) is 11.5. The molecule has 132 valence electrons. The SMILES string of the molecule is CCCCN(CC(OC(C)=O)c1ccc(OC(C)=O)cc1)C(C)=O. The largest absolute Gasteiger partial charge is 0.456 e. The lowest BCUT2D eigenvalue weighted by atomic mass is 10.1. The van der Waals surface area contributed by atoms with E-state index in [0.717, 1.165) is 18.4 Å². The summed E-state index contributed by atoms with van der Waals surface area (Å²) in [4.78, 5) is 35.9. The van der Waals surface area contributed by atoms with E-state index in [0.29, 0.717) is 18.8 Å². The number of benzene rings is 1. The molecule has 1 rings (SSSR count). The molecule has 1 aromatic rings. The molecule has 6 heteroatoms. The van der Waals surface area contributed by atoms with Crippen molar-refractivity contribution in [2.75, 3.05) is 13.1 Å². The Morgan fingerprint density at radius 2 is 1.67 bits per heavy atom. The van der Waals surface area contributed by atoms with Crippen molar-refractivity contribution < 1.29 is 23.9 Å². The average Bonchev–Trinajstić information content (AvgIpc) is 2.49. The molecule has 0 aliphatic carbocycles. The van der Waals surface area contributed by atoms with Gasteiger partial charge in [-0.3, -0.25) is 14.4 Å². The second-order valence-electron chi connectivity index (χ2n) is 5.58. The van der Waals surface area contributed by atoms with Crippen molar-refractivity contribution in [3.05, 3.63) is 29.8 Å². The molecule has 24 heavy (non-hydrogen) atoms. The van der Waals surface area contributed by atoms with E-state index in [-0.39, 0.29) is 5.91 Å². The van der Waals surface area contributed by atoms with Crippen LogP contribution >= 0.6 is 0 Å². The van der Waals surface area contributed by atoms with Crippen molar-refractivity contribution in [2.24, 2.45) is 0 Å². The molecular formula is C18H25NO5. The van der Waals surface area contributed by atoms with Crippen LogP contribution in [0.15, 0.2) is 24.3 Å². The van der Waals surface area contributed by atoms with E-state index >= 15 is 0 Å². The van der Waals surface area contributed by atoms with Crippen LogP contribution in [-0.2, 0) is 19.1 Å². The van der Waals surface area contributed by atoms with E-state index in [1.54, 1.807) is 29.2 Å². The third kappa shape index (κ3) is 6.81. The summed E-state index contributed by atoms with van der Waals surface area (Å²) in [7, 11) is 0. The monoisotopic (exact) mass is 335 g/mol. The lowest BCUT2D eigenvalue weighted by Crippen LogP contribution is -2.35. The van der Waals surface area contributed by atoms with Gasteiger partial charge >= 0.3 is 11.9 Å². The van der Waals surface area contributed by atoms with Crippen molar-refractivity contribution >= 4 is 17.8 Å². The number of hydrogen-bond donors (Lipinski definition) is 0. The molecule has 0 saturated heterocycles. The van der Waals surface area contributed by atoms with Crippen LogP contribution in [0.2, 0.25) is 0 Å². The molecule has 0 heterocycles. The fourth-order valence-electron chi connectivity index (χ4n) is 2.25. The second-order valence-corrected chi connectivity index (χ2v) is 5.58. The van der Waals surface area contributed by atoms with Crippen molar-refractivity contribution in [3.63, 3.8) is 0 Å². The van der Waals surface area contributed by atoms with Gasteiger partial charge in [0.1, 0.15) is 11.9 Å². The van der Waals surface area contributed by atoms with Gasteiger partial charge in [-0.2, -0.15) is 0 Å². The number of carbonyl (C=O) groups excluding carboxylic acids is 3. The van der Waals surface area contributed by atoms with Crippen LogP contribution < -0.4 is 4.74 Å². The Morgan fingerprint density at radius 1 is 1.04 bits per heavy atom. The first-order valence-electron chi connectivity index (χ1n) is 8.04. The third-order valence-corrected chi connectivity index (χ3v) is 3.43. The Bertz CT molecular complexity index is 567. The minimum atomic E-state index is -0.561. The van der Waals surface area contributed by atoms with E-state index in [2.05, 4.69) is 6.92 Å². The highest BCUT2D eigenvalue weighted by atomic mass is 16.5. The Kier molecular flexibility index (Phi) is 7.95. The first-order valence-corrected chi connectivity index (χ1v) is 8.04. The number of ether oxygens (including phenoxy) is 2. The van der Waals surface area contributed by atoms with Gasteiger partial charge in [0.05, 0.1) is 6.54 Å². The highest BCUT2D eigenvalue weighted by molar-refractivity contribution is 5.73. The maximum atomic E-state index is 11.8. The summed E-state index contributed by atoms with van der Waals surface area (Å²) in [5.74, 6) is -0.455. The number of unbranched alkanes of at least 4 members (excludes halogenated alkanes) is 1. The van der Waals surface area contributed by atoms with E-state index < -0.39 is 18.0 Å². The first-order chi connectivity index (χ1) is 11.3. The van der Waals surface area contributed by atoms with Crippen molar-refractivity contribution in [1.82, 2.24) is 4.90 Å². The van der Waals surface area contributed by atoms with Gasteiger partial charge in [0.2, 0.25) is 5.91 Å². The molecule has 1 amide bonds. The zero-order chi connectivity index (χ0) is 18.1. The highest BCUT2D eigenvalue weighted by Gasteiger charge is 2.20. The summed E-state index contributed by atoms with van der Waals surface area (Å²) in [5, 5.41) is 0. The van der Waals surface area contributed by atoms with E-state index in [4.69, 9.17) is 9.47 Å². The van der Waals surface area contributed by atoms with Crippen LogP contribution in [0.5, 0.6) is 5.75 Å². The maximum Gasteiger partial charge on any atom is 0.308 e. The average molecular weight is 335 g/mol. The molecular weight excluding hydrogens is 310 g/mol. The molecule has 0 N–H and O–H groups in total. The van der Waals surface area contributed by atoms with E-state index in [9.17, 15) is 14.4 Å². The van der Waals surface area contributed by atoms with Crippen LogP contribution in [0.3, 0.4) is 0 Å². The Hall–Kier alpha value is -2.37. The Balaban J connectivity index is 2.92. The number of amides is 1. The zero-order valence-corrected chi connectivity index (χ0v) is 14.7. The molecule has 0 bridgehead atoms. The molecule has 0 saturated carbocycles. The summed E-state index contributed by atoms with van der Waals surface area (Å²) in [6.07, 6.45) is 1.30. The predicted octanol–water partition coefficient (Wildman–Crippen LogP) is 2.86. The number of nitrogens with zero attached hydrogens (tertiary/aromatic N) is 1. The summed E-state index contributed by atoms with van der Waals surface area (Å²) in [6, 6.07) is 6.72. The third-order valence-electron chi connectivity index (χ3n) is 3.43. The van der Waals surface area contributed by atoms with Crippen LogP contribution in [0, 0.1) is 0 Å². The van der Waals surface area contributed by atoms with E-state index in [1.165, 1.54) is 20.8 Å². The van der Waals surface area contributed by atoms with Crippen molar-refractivity contribution in [1.29, 1.82) is 0 Å². The van der Waals surface area contributed by atoms with Gasteiger partial charge in [0.15, 0.2) is 0 Å². The first kappa shape index (κ1) is 19.7. The summed E-state index contributed by atoms with van der Waals surface area (Å²) >= 11 is 0. The molecule has 1 unspecified atom stereocenters. The van der Waals surface area contributed by atoms with Gasteiger partial charge in [-0.15, -0.1) is 0 Å². The second kappa shape index (κ2) is 9.70. The molecule has 1 aromatic carbocycles. The number of rotatable bonds is 8. The smallest absolute Gasteiger partial charge is 0.308 e. The minimum Gasteiger partial charge on any atom is -0.456 e. The summed E-state index contributed by atoms with van der Waals surface area (Å²) in [5.41, 5.74) is 0.740. The molecule has 0 aliphatic rings. The van der Waals surface area contributed by atoms with Crippen LogP contribution in [-0.4, -0.2) is 35.8 Å². The lowest BCUT2D eigenvalue weighted by Gasteiger charge is -2.26. The summed E-state index contributed by atoms with van der Waals surface area (Å²) < 4.78 is 10.4. The van der Waals surface area contributed by atoms with Gasteiger partial charge < -0.3 is 14.4 Å². The van der Waals surface area contributed by atoms with Crippen LogP contribution in [0.1, 0.15) is 52.2 Å². The molecule has 0 aliphatic heterocycles. The van der Waals surface area contributed by atoms with Gasteiger partial charge in [-0.05, 0) is 24.1 Å². The number of hydrogen-bond acceptors (Lipinski definition) is 5. The Morgan fingerprint density at radius 3 is 2.12 bits per heavy atom. The molecule has 0 aromatic heterocycles. The standard InChI is InChI=1S/C18H25NO5/c1-5-6-11-19(13(2)20)12-18(24-15(4)22)16-7-9-17(10-8-16)23-14(3)21/h7-10,18H,5-6,11-12H2,1-4H3. The zero-order valence-electron chi connectivity index (χ0n) is 14.7. The topological polar surface area (TPSA) is 72.9 Å². The number of carbonyl (C=O) groups is 3. The fourth-order valence-corrected chi connectivity index (χ4v) is 2.25. The van der Waals surface area contributed by atoms with Crippen molar-refractivity contribution in [3.8, 4) is 5.75 Å². The predicted molar refractivity (Wildman–Crippen MR) is 89.4 cm³/mol. The molecule has 0 spiro atoms. The fraction of sp³-hybridized carbons (Fsp3) is 0.500. The van der Waals surface area contributed by atoms with Crippen LogP contribution in [0.25, 0.3) is 0 Å². The van der Waals surface area contributed by atoms with Crippen molar-refractivity contribution in [2.45, 2.75) is 46.6 Å². The quantitative estimate of drug-likeness (QED) is 0.539. The molecule has 1 atom stereocenters. The lowest BCUT2D eigenvalue weighted by molar-refractivity contribution is -0.149. The minimum absolute atomic E-state index is 0.0582. The van der Waals surface area contributed by atoms with Gasteiger partial charge in [-0.1, -0.05) is 25.5 Å².